The molecule has 0 aromatic heterocycles. The van der Waals surface area contributed by atoms with Crippen molar-refractivity contribution in [1.82, 2.24) is 10.2 Å². The number of nitrogens with zero attached hydrogens (tertiary/aromatic N) is 1. The van der Waals surface area contributed by atoms with Crippen molar-refractivity contribution >= 4 is 23.8 Å². The first-order valence-electron chi connectivity index (χ1n) is 7.39. The van der Waals surface area contributed by atoms with Gasteiger partial charge in [0.05, 0.1) is 12.6 Å². The molecule has 2 heterocycles. The van der Waals surface area contributed by atoms with Crippen LogP contribution >= 0.6 is 0 Å². The number of likely N-dealkylation sites (tertiary alicyclic amines) is 1. The number of esters is 2. The van der Waals surface area contributed by atoms with Gasteiger partial charge < -0.3 is 24.8 Å². The van der Waals surface area contributed by atoms with Crippen molar-refractivity contribution in [2.24, 2.45) is 0 Å². The highest BCUT2D eigenvalue weighted by Gasteiger charge is 2.44. The average Bonchev–Trinajstić information content (AvgIpc) is 3.03. The lowest BCUT2D eigenvalue weighted by molar-refractivity contribution is -0.149. The van der Waals surface area contributed by atoms with E-state index in [4.69, 9.17) is 9.47 Å². The summed E-state index contributed by atoms with van der Waals surface area (Å²) in [6, 6.07) is -1.64. The molecule has 2 fully saturated rings. The zero-order valence-corrected chi connectivity index (χ0v) is 13.0. The lowest BCUT2D eigenvalue weighted by Gasteiger charge is -2.24. The van der Waals surface area contributed by atoms with Crippen molar-refractivity contribution in [2.75, 3.05) is 13.1 Å². The van der Waals surface area contributed by atoms with Gasteiger partial charge in [0, 0.05) is 33.2 Å². The summed E-state index contributed by atoms with van der Waals surface area (Å²) in [5, 5.41) is 12.2. The number of nitrogens with one attached hydrogen (secondary N) is 1. The minimum absolute atomic E-state index is 0.0474. The van der Waals surface area contributed by atoms with Crippen LogP contribution in [0.5, 0.6) is 0 Å². The van der Waals surface area contributed by atoms with Crippen LogP contribution in [0.2, 0.25) is 0 Å². The number of hydrogen-bond acceptors (Lipinski definition) is 7. The maximum atomic E-state index is 12.5. The van der Waals surface area contributed by atoms with Gasteiger partial charge >= 0.3 is 17.9 Å². The third-order valence-electron chi connectivity index (χ3n) is 3.88. The molecule has 0 aliphatic carbocycles. The Labute approximate surface area is 132 Å². The SMILES string of the molecule is CC(=O)O[C@@H]1C[C@@H](C(=O)O)N(C(=O)[C@@H]2C[C@@H](OC(C)=O)CN2)C1. The van der Waals surface area contributed by atoms with E-state index >= 15 is 0 Å². The Morgan fingerprint density at radius 2 is 1.65 bits per heavy atom. The third-order valence-corrected chi connectivity index (χ3v) is 3.88. The van der Waals surface area contributed by atoms with Crippen molar-refractivity contribution in [2.45, 2.75) is 51.0 Å². The molecule has 2 rings (SSSR count). The highest BCUT2D eigenvalue weighted by Crippen LogP contribution is 2.24. The number of rotatable bonds is 4. The van der Waals surface area contributed by atoms with Crippen LogP contribution in [0, 0.1) is 0 Å². The molecule has 1 amide bonds. The molecule has 9 heteroatoms. The van der Waals surface area contributed by atoms with Crippen molar-refractivity contribution in [3.05, 3.63) is 0 Å². The molecule has 4 atom stereocenters. The topological polar surface area (TPSA) is 122 Å². The van der Waals surface area contributed by atoms with Crippen LogP contribution in [0.4, 0.5) is 0 Å². The highest BCUT2D eigenvalue weighted by molar-refractivity contribution is 5.88. The molecule has 2 saturated heterocycles. The van der Waals surface area contributed by atoms with Gasteiger partial charge in [-0.3, -0.25) is 14.4 Å². The molecule has 0 aromatic carbocycles. The van der Waals surface area contributed by atoms with Crippen LogP contribution in [0.3, 0.4) is 0 Å². The second-order valence-electron chi connectivity index (χ2n) is 5.74. The largest absolute Gasteiger partial charge is 0.480 e. The van der Waals surface area contributed by atoms with Gasteiger partial charge in [-0.05, 0) is 0 Å². The quantitative estimate of drug-likeness (QED) is 0.623. The molecule has 128 valence electrons. The van der Waals surface area contributed by atoms with E-state index in [0.717, 1.165) is 0 Å². The van der Waals surface area contributed by atoms with Crippen LogP contribution in [-0.2, 0) is 28.7 Å². The van der Waals surface area contributed by atoms with Crippen molar-refractivity contribution in [3.63, 3.8) is 0 Å². The number of carbonyl (C=O) groups is 4. The fraction of sp³-hybridized carbons (Fsp3) is 0.714. The molecule has 0 spiro atoms. The first-order valence-corrected chi connectivity index (χ1v) is 7.39. The van der Waals surface area contributed by atoms with Gasteiger partial charge in [-0.25, -0.2) is 4.79 Å². The maximum absolute atomic E-state index is 12.5. The van der Waals surface area contributed by atoms with Gasteiger partial charge in [-0.1, -0.05) is 0 Å². The van der Waals surface area contributed by atoms with Crippen LogP contribution in [-0.4, -0.2) is 71.2 Å². The minimum atomic E-state index is -1.14. The fourth-order valence-corrected chi connectivity index (χ4v) is 3.01. The number of aliphatic carboxylic acids is 1. The smallest absolute Gasteiger partial charge is 0.326 e. The van der Waals surface area contributed by atoms with E-state index in [-0.39, 0.29) is 18.9 Å². The van der Waals surface area contributed by atoms with Crippen LogP contribution in [0.15, 0.2) is 0 Å². The second-order valence-corrected chi connectivity index (χ2v) is 5.74. The summed E-state index contributed by atoms with van der Waals surface area (Å²) in [5.41, 5.74) is 0. The molecule has 2 N–H and O–H groups in total. The van der Waals surface area contributed by atoms with Gasteiger partial charge in [-0.15, -0.1) is 0 Å². The molecule has 0 saturated carbocycles. The molecule has 9 nitrogen and oxygen atoms in total. The van der Waals surface area contributed by atoms with E-state index in [2.05, 4.69) is 5.32 Å². The summed E-state index contributed by atoms with van der Waals surface area (Å²) in [7, 11) is 0. The van der Waals surface area contributed by atoms with Gasteiger partial charge in [0.2, 0.25) is 5.91 Å². The van der Waals surface area contributed by atoms with E-state index in [1.54, 1.807) is 0 Å². The van der Waals surface area contributed by atoms with E-state index in [1.807, 2.05) is 0 Å². The number of carboxylic acids is 1. The summed E-state index contributed by atoms with van der Waals surface area (Å²) in [4.78, 5) is 47.1. The maximum Gasteiger partial charge on any atom is 0.326 e. The summed E-state index contributed by atoms with van der Waals surface area (Å²) >= 11 is 0. The Bertz CT molecular complexity index is 521. The van der Waals surface area contributed by atoms with Crippen LogP contribution in [0.1, 0.15) is 26.7 Å². The minimum Gasteiger partial charge on any atom is -0.480 e. The number of carboxylic acid groups (broad SMARTS) is 1. The lowest BCUT2D eigenvalue weighted by atomic mass is 10.1. The first kappa shape index (κ1) is 17.2. The Morgan fingerprint density at radius 3 is 2.22 bits per heavy atom. The monoisotopic (exact) mass is 328 g/mol. The predicted octanol–water partition coefficient (Wildman–Crippen LogP) is -1.10. The zero-order chi connectivity index (χ0) is 17.1. The predicted molar refractivity (Wildman–Crippen MR) is 75.3 cm³/mol. The van der Waals surface area contributed by atoms with Crippen molar-refractivity contribution in [3.8, 4) is 0 Å². The average molecular weight is 328 g/mol. The summed E-state index contributed by atoms with van der Waals surface area (Å²) in [6.07, 6.45) is -0.667. The third kappa shape index (κ3) is 4.19. The van der Waals surface area contributed by atoms with E-state index in [1.165, 1.54) is 18.7 Å². The number of hydrogen-bond donors (Lipinski definition) is 2. The molecular weight excluding hydrogens is 308 g/mol. The molecular formula is C14H20N2O7. The standard InChI is InChI=1S/C14H20N2O7/c1-7(17)22-9-3-11(15-5-9)13(19)16-6-10(23-8(2)18)4-12(16)14(20)21/h9-12,15H,3-6H2,1-2H3,(H,20,21)/t9-,10-,11+,12+/m1/s1. The van der Waals surface area contributed by atoms with E-state index in [0.29, 0.717) is 13.0 Å². The van der Waals surface area contributed by atoms with Crippen molar-refractivity contribution < 1.29 is 33.8 Å². The Balaban J connectivity index is 2.00. The molecule has 2 aliphatic heterocycles. The molecule has 0 aromatic rings. The normalized spacial score (nSPS) is 30.1. The molecule has 0 radical (unpaired) electrons. The van der Waals surface area contributed by atoms with E-state index < -0.39 is 42.2 Å². The molecule has 2 aliphatic rings. The van der Waals surface area contributed by atoms with Crippen LogP contribution in [0.25, 0.3) is 0 Å². The summed E-state index contributed by atoms with van der Waals surface area (Å²) in [6.45, 7) is 2.92. The second kappa shape index (κ2) is 6.95. The number of ether oxygens (including phenoxy) is 2. The van der Waals surface area contributed by atoms with Gasteiger partial charge in [0.1, 0.15) is 18.2 Å². The zero-order valence-electron chi connectivity index (χ0n) is 13.0. The lowest BCUT2D eigenvalue weighted by Crippen LogP contribution is -2.48. The Hall–Kier alpha value is -2.16. The first-order chi connectivity index (χ1) is 10.8. The van der Waals surface area contributed by atoms with Gasteiger partial charge in [0.15, 0.2) is 0 Å². The fourth-order valence-electron chi connectivity index (χ4n) is 3.01. The van der Waals surface area contributed by atoms with Gasteiger partial charge in [-0.2, -0.15) is 0 Å². The van der Waals surface area contributed by atoms with Gasteiger partial charge in [0.25, 0.3) is 0 Å². The summed E-state index contributed by atoms with van der Waals surface area (Å²) in [5.74, 6) is -2.46. The van der Waals surface area contributed by atoms with Crippen LogP contribution < -0.4 is 5.32 Å². The molecule has 23 heavy (non-hydrogen) atoms. The number of amides is 1. The number of carbonyl (C=O) groups excluding carboxylic acids is 3. The van der Waals surface area contributed by atoms with E-state index in [9.17, 15) is 24.3 Å². The summed E-state index contributed by atoms with van der Waals surface area (Å²) < 4.78 is 10.1. The molecule has 0 unspecified atom stereocenters. The van der Waals surface area contributed by atoms with Crippen molar-refractivity contribution in [1.29, 1.82) is 0 Å². The Kier molecular flexibility index (Phi) is 5.19. The molecule has 0 bridgehead atoms. The Morgan fingerprint density at radius 1 is 1.04 bits per heavy atom. The highest BCUT2D eigenvalue weighted by atomic mass is 16.5.